The van der Waals surface area contributed by atoms with Crippen LogP contribution in [0.1, 0.15) is 20.8 Å². The minimum absolute atomic E-state index is 0.0398. The molecule has 17 heavy (non-hydrogen) atoms. The zero-order valence-corrected chi connectivity index (χ0v) is 10.3. The van der Waals surface area contributed by atoms with Gasteiger partial charge in [-0.1, -0.05) is 13.8 Å². The number of rotatable bonds is 4. The van der Waals surface area contributed by atoms with Gasteiger partial charge in [-0.2, -0.15) is 0 Å². The predicted octanol–water partition coefficient (Wildman–Crippen LogP) is -0.132. The van der Waals surface area contributed by atoms with Crippen molar-refractivity contribution in [3.05, 3.63) is 0 Å². The number of ether oxygens (including phenoxy) is 1. The Balaban J connectivity index is 2.75. The van der Waals surface area contributed by atoms with Gasteiger partial charge in [-0.15, -0.1) is 0 Å². The molecule has 0 aliphatic carbocycles. The van der Waals surface area contributed by atoms with Crippen molar-refractivity contribution in [3.8, 4) is 0 Å². The van der Waals surface area contributed by atoms with E-state index >= 15 is 0 Å². The summed E-state index contributed by atoms with van der Waals surface area (Å²) >= 11 is 0. The number of hydrogen-bond donors (Lipinski definition) is 3. The molecule has 1 rings (SSSR count). The topological polar surface area (TPSA) is 103 Å². The molecule has 0 saturated carbocycles. The zero-order chi connectivity index (χ0) is 13.0. The van der Waals surface area contributed by atoms with E-state index in [4.69, 9.17) is 20.7 Å². The molecule has 4 N–H and O–H groups in total. The molecule has 100 valence electrons. The van der Waals surface area contributed by atoms with Crippen LogP contribution in [-0.2, 0) is 19.3 Å². The van der Waals surface area contributed by atoms with Gasteiger partial charge >= 0.3 is 0 Å². The molecule has 0 radical (unpaired) electrons. The zero-order valence-electron chi connectivity index (χ0n) is 10.3. The van der Waals surface area contributed by atoms with Crippen LogP contribution in [0.3, 0.4) is 0 Å². The Kier molecular flexibility index (Phi) is 5.29. The van der Waals surface area contributed by atoms with Crippen molar-refractivity contribution in [2.75, 3.05) is 6.61 Å². The van der Waals surface area contributed by atoms with Crippen molar-refractivity contribution in [1.29, 1.82) is 0 Å². The third-order valence-corrected chi connectivity index (χ3v) is 3.33. The highest BCUT2D eigenvalue weighted by Gasteiger charge is 2.42. The van der Waals surface area contributed by atoms with Crippen LogP contribution in [0.5, 0.6) is 0 Å². The fraction of sp³-hybridized carbons (Fsp3) is 0.900. The molecule has 7 heteroatoms. The molecule has 3 unspecified atom stereocenters. The minimum Gasteiger partial charge on any atom is -0.348 e. The van der Waals surface area contributed by atoms with Crippen molar-refractivity contribution < 1.29 is 24.5 Å². The Labute approximate surface area is 100 Å². The summed E-state index contributed by atoms with van der Waals surface area (Å²) in [5, 5.41) is 11.2. The molecule has 1 fully saturated rings. The molecule has 5 atom stereocenters. The molecular formula is C10H20N2O5. The average Bonchev–Trinajstić information content (AvgIpc) is 2.28. The van der Waals surface area contributed by atoms with Crippen molar-refractivity contribution >= 4 is 5.91 Å². The highest BCUT2D eigenvalue weighted by atomic mass is 17.1. The second-order valence-corrected chi connectivity index (χ2v) is 4.42. The lowest BCUT2D eigenvalue weighted by molar-refractivity contribution is -0.301. The maximum absolute atomic E-state index is 11.1. The largest absolute Gasteiger partial charge is 0.348 e. The van der Waals surface area contributed by atoms with E-state index in [1.807, 2.05) is 13.8 Å². The quantitative estimate of drug-likeness (QED) is 0.473. The van der Waals surface area contributed by atoms with E-state index < -0.39 is 6.29 Å². The molecule has 1 heterocycles. The number of carbonyl (C=O) groups is 1. The second kappa shape index (κ2) is 6.27. The van der Waals surface area contributed by atoms with Gasteiger partial charge < -0.3 is 10.1 Å². The lowest BCUT2D eigenvalue weighted by Gasteiger charge is -2.43. The third kappa shape index (κ3) is 3.36. The molecule has 0 bridgehead atoms. The molecule has 1 aliphatic rings. The third-order valence-electron chi connectivity index (χ3n) is 3.33. The van der Waals surface area contributed by atoms with E-state index in [1.165, 1.54) is 6.92 Å². The maximum atomic E-state index is 11.1. The van der Waals surface area contributed by atoms with Crippen LogP contribution in [-0.4, -0.2) is 36.2 Å². The summed E-state index contributed by atoms with van der Waals surface area (Å²) in [4.78, 5) is 19.9. The van der Waals surface area contributed by atoms with Crippen LogP contribution in [0.4, 0.5) is 0 Å². The number of amides is 1. The van der Waals surface area contributed by atoms with Crippen LogP contribution in [0, 0.1) is 11.8 Å². The van der Waals surface area contributed by atoms with Gasteiger partial charge in [0.05, 0.1) is 12.1 Å². The van der Waals surface area contributed by atoms with Crippen LogP contribution in [0.15, 0.2) is 0 Å². The summed E-state index contributed by atoms with van der Waals surface area (Å²) in [7, 11) is 0. The van der Waals surface area contributed by atoms with Gasteiger partial charge in [-0.3, -0.25) is 14.9 Å². The first kappa shape index (κ1) is 14.3. The number of nitrogens with one attached hydrogen (secondary N) is 1. The van der Waals surface area contributed by atoms with Gasteiger partial charge in [0.15, 0.2) is 6.29 Å². The molecule has 0 aromatic carbocycles. The fourth-order valence-corrected chi connectivity index (χ4v) is 2.11. The highest BCUT2D eigenvalue weighted by Crippen LogP contribution is 2.30. The molecular weight excluding hydrogens is 228 g/mol. The van der Waals surface area contributed by atoms with E-state index in [1.54, 1.807) is 0 Å². The molecule has 1 aliphatic heterocycles. The van der Waals surface area contributed by atoms with Crippen molar-refractivity contribution in [2.24, 2.45) is 17.7 Å². The van der Waals surface area contributed by atoms with Crippen LogP contribution >= 0.6 is 0 Å². The monoisotopic (exact) mass is 248 g/mol. The summed E-state index contributed by atoms with van der Waals surface area (Å²) in [5.74, 6) is 5.16. The first-order valence-corrected chi connectivity index (χ1v) is 5.55. The average molecular weight is 248 g/mol. The lowest BCUT2D eigenvalue weighted by atomic mass is 9.82. The molecule has 1 saturated heterocycles. The first-order valence-electron chi connectivity index (χ1n) is 5.55. The summed E-state index contributed by atoms with van der Waals surface area (Å²) in [6.45, 7) is 5.38. The standard InChI is InChI=1S/C10H20N2O5/c1-5-6(2)9(12-7(3)13)10(17-11)16-8(5)4-15-14/h5-6,8-10,14H,4,11H2,1-3H3,(H,12,13)/t5-,6-,8?,9?,10?/m0/s1. The lowest BCUT2D eigenvalue weighted by Crippen LogP contribution is -2.58. The van der Waals surface area contributed by atoms with E-state index in [0.717, 1.165) is 0 Å². The summed E-state index contributed by atoms with van der Waals surface area (Å²) in [5.41, 5.74) is 0. The Morgan fingerprint density at radius 3 is 2.59 bits per heavy atom. The van der Waals surface area contributed by atoms with Gasteiger partial charge in [0, 0.05) is 6.92 Å². The Hall–Kier alpha value is -0.730. The van der Waals surface area contributed by atoms with Crippen LogP contribution in [0.25, 0.3) is 0 Å². The predicted molar refractivity (Wildman–Crippen MR) is 58.4 cm³/mol. The number of hydrogen-bond acceptors (Lipinski definition) is 6. The molecule has 0 aromatic heterocycles. The molecule has 1 amide bonds. The van der Waals surface area contributed by atoms with Crippen molar-refractivity contribution in [2.45, 2.75) is 39.2 Å². The van der Waals surface area contributed by atoms with E-state index in [0.29, 0.717) is 0 Å². The molecule has 7 nitrogen and oxygen atoms in total. The summed E-state index contributed by atoms with van der Waals surface area (Å²) in [6.07, 6.45) is -1.07. The van der Waals surface area contributed by atoms with Crippen molar-refractivity contribution in [1.82, 2.24) is 5.32 Å². The van der Waals surface area contributed by atoms with E-state index in [2.05, 4.69) is 10.2 Å². The summed E-state index contributed by atoms with van der Waals surface area (Å²) < 4.78 is 5.53. The van der Waals surface area contributed by atoms with Crippen molar-refractivity contribution in [3.63, 3.8) is 0 Å². The first-order chi connectivity index (χ1) is 8.01. The molecule has 0 aromatic rings. The van der Waals surface area contributed by atoms with Gasteiger partial charge in [0.1, 0.15) is 6.61 Å². The smallest absolute Gasteiger partial charge is 0.217 e. The number of nitrogens with two attached hydrogens (primary N) is 1. The van der Waals surface area contributed by atoms with Gasteiger partial charge in [-0.25, -0.2) is 10.8 Å². The Morgan fingerprint density at radius 1 is 1.47 bits per heavy atom. The fourth-order valence-electron chi connectivity index (χ4n) is 2.11. The number of carbonyl (C=O) groups excluding carboxylic acids is 1. The van der Waals surface area contributed by atoms with Gasteiger partial charge in [-0.05, 0) is 11.8 Å². The van der Waals surface area contributed by atoms with E-state index in [-0.39, 0.29) is 36.5 Å². The highest BCUT2D eigenvalue weighted by molar-refractivity contribution is 5.73. The summed E-state index contributed by atoms with van der Waals surface area (Å²) in [6, 6.07) is -0.317. The SMILES string of the molecule is CC(=O)NC1C(ON)OC(COO)[C@@H](C)[C@@H]1C. The van der Waals surface area contributed by atoms with Gasteiger partial charge in [0.2, 0.25) is 5.91 Å². The second-order valence-electron chi connectivity index (χ2n) is 4.42. The van der Waals surface area contributed by atoms with Crippen LogP contribution < -0.4 is 11.2 Å². The van der Waals surface area contributed by atoms with Gasteiger partial charge in [0.25, 0.3) is 0 Å². The maximum Gasteiger partial charge on any atom is 0.217 e. The molecule has 0 spiro atoms. The Morgan fingerprint density at radius 2 is 2.12 bits per heavy atom. The minimum atomic E-state index is -0.745. The Bertz CT molecular complexity index is 261. The van der Waals surface area contributed by atoms with E-state index in [9.17, 15) is 4.79 Å². The van der Waals surface area contributed by atoms with Crippen LogP contribution in [0.2, 0.25) is 0 Å². The normalized spacial score (nSPS) is 37.8.